The van der Waals surface area contributed by atoms with Crippen LogP contribution in [0.4, 0.5) is 0 Å². The Labute approximate surface area is 79.4 Å². The highest BCUT2D eigenvalue weighted by atomic mass is 16.2. The molecule has 1 rings (SSSR count). The van der Waals surface area contributed by atoms with Crippen molar-refractivity contribution in [2.75, 3.05) is 0 Å². The summed E-state index contributed by atoms with van der Waals surface area (Å²) in [6.45, 7) is 5.69. The zero-order valence-electron chi connectivity index (χ0n) is 8.12. The highest BCUT2D eigenvalue weighted by molar-refractivity contribution is 5.82. The van der Waals surface area contributed by atoms with E-state index < -0.39 is 6.04 Å². The normalized spacial score (nSPS) is 27.8. The number of hydrogen-bond donors (Lipinski definition) is 2. The first-order chi connectivity index (χ1) is 6.19. The Morgan fingerprint density at radius 2 is 2.54 bits per heavy atom. The molecule has 0 spiro atoms. The Hall–Kier alpha value is -0.830. The Balaban J connectivity index is 2.21. The summed E-state index contributed by atoms with van der Waals surface area (Å²) >= 11 is 0. The van der Waals surface area contributed by atoms with E-state index in [0.717, 1.165) is 12.8 Å². The fraction of sp³-hybridized carbons (Fsp3) is 0.700. The van der Waals surface area contributed by atoms with E-state index in [0.29, 0.717) is 18.4 Å². The molecular formula is C10H18N2O. The lowest BCUT2D eigenvalue weighted by Gasteiger charge is -2.09. The lowest BCUT2D eigenvalue weighted by Crippen LogP contribution is -2.41. The molecule has 1 saturated carbocycles. The van der Waals surface area contributed by atoms with Crippen molar-refractivity contribution >= 4 is 5.91 Å². The van der Waals surface area contributed by atoms with Gasteiger partial charge in [0.15, 0.2) is 0 Å². The molecule has 1 fully saturated rings. The van der Waals surface area contributed by atoms with E-state index in [1.807, 2.05) is 0 Å². The van der Waals surface area contributed by atoms with Crippen LogP contribution in [0.3, 0.4) is 0 Å². The van der Waals surface area contributed by atoms with Gasteiger partial charge < -0.3 is 11.1 Å². The monoisotopic (exact) mass is 182 g/mol. The summed E-state index contributed by atoms with van der Waals surface area (Å²) in [5, 5.41) is 2.93. The van der Waals surface area contributed by atoms with Crippen molar-refractivity contribution in [1.29, 1.82) is 0 Å². The predicted molar refractivity (Wildman–Crippen MR) is 53.1 cm³/mol. The van der Waals surface area contributed by atoms with Gasteiger partial charge in [0.2, 0.25) is 5.91 Å². The summed E-state index contributed by atoms with van der Waals surface area (Å²) in [6, 6.07) is -0.0380. The van der Waals surface area contributed by atoms with Crippen LogP contribution in [0.25, 0.3) is 0 Å². The molecule has 3 unspecified atom stereocenters. The smallest absolute Gasteiger partial charge is 0.237 e. The Bertz CT molecular complexity index is 203. The molecular weight excluding hydrogens is 164 g/mol. The topological polar surface area (TPSA) is 55.1 Å². The molecule has 0 aromatic rings. The van der Waals surface area contributed by atoms with E-state index in [2.05, 4.69) is 18.8 Å². The molecule has 1 aliphatic carbocycles. The number of hydrogen-bond acceptors (Lipinski definition) is 2. The van der Waals surface area contributed by atoms with Crippen molar-refractivity contribution < 1.29 is 4.79 Å². The maximum atomic E-state index is 11.4. The van der Waals surface area contributed by atoms with Crippen LogP contribution in [0.15, 0.2) is 12.7 Å². The molecule has 3 N–H and O–H groups in total. The fourth-order valence-corrected chi connectivity index (χ4v) is 1.45. The molecule has 13 heavy (non-hydrogen) atoms. The minimum atomic E-state index is -0.421. The van der Waals surface area contributed by atoms with Crippen molar-refractivity contribution in [3.63, 3.8) is 0 Å². The first-order valence-corrected chi connectivity index (χ1v) is 4.85. The van der Waals surface area contributed by atoms with Gasteiger partial charge in [-0.3, -0.25) is 4.79 Å². The molecule has 0 bridgehead atoms. The van der Waals surface area contributed by atoms with Gasteiger partial charge >= 0.3 is 0 Å². The van der Waals surface area contributed by atoms with Crippen LogP contribution in [0, 0.1) is 5.92 Å². The van der Waals surface area contributed by atoms with Crippen LogP contribution in [0.5, 0.6) is 0 Å². The van der Waals surface area contributed by atoms with Gasteiger partial charge in [-0.15, -0.1) is 6.58 Å². The van der Waals surface area contributed by atoms with E-state index in [-0.39, 0.29) is 5.91 Å². The molecule has 0 aromatic carbocycles. The van der Waals surface area contributed by atoms with Crippen molar-refractivity contribution in [2.24, 2.45) is 11.7 Å². The zero-order chi connectivity index (χ0) is 9.84. The Morgan fingerprint density at radius 3 is 3.00 bits per heavy atom. The van der Waals surface area contributed by atoms with Crippen molar-refractivity contribution in [1.82, 2.24) is 5.32 Å². The van der Waals surface area contributed by atoms with Gasteiger partial charge in [-0.1, -0.05) is 19.4 Å². The van der Waals surface area contributed by atoms with Gasteiger partial charge in [0.1, 0.15) is 0 Å². The number of nitrogens with one attached hydrogen (secondary N) is 1. The number of amides is 1. The third kappa shape index (κ3) is 2.84. The van der Waals surface area contributed by atoms with Gasteiger partial charge in [-0.25, -0.2) is 0 Å². The second kappa shape index (κ2) is 4.42. The zero-order valence-corrected chi connectivity index (χ0v) is 8.12. The second-order valence-electron chi connectivity index (χ2n) is 3.65. The van der Waals surface area contributed by atoms with E-state index in [4.69, 9.17) is 5.73 Å². The highest BCUT2D eigenvalue weighted by Gasteiger charge is 2.36. The number of nitrogens with two attached hydrogens (primary N) is 1. The van der Waals surface area contributed by atoms with Gasteiger partial charge in [0.05, 0.1) is 6.04 Å². The Morgan fingerprint density at radius 1 is 1.85 bits per heavy atom. The summed E-state index contributed by atoms with van der Waals surface area (Å²) in [6.07, 6.45) is 4.48. The molecule has 1 amide bonds. The van der Waals surface area contributed by atoms with E-state index >= 15 is 0 Å². The summed E-state index contributed by atoms with van der Waals surface area (Å²) < 4.78 is 0. The first-order valence-electron chi connectivity index (χ1n) is 4.85. The van der Waals surface area contributed by atoms with E-state index in [9.17, 15) is 4.79 Å². The lowest BCUT2D eigenvalue weighted by atomic mass is 10.2. The maximum Gasteiger partial charge on any atom is 0.237 e. The van der Waals surface area contributed by atoms with E-state index in [1.165, 1.54) is 0 Å². The molecule has 3 heteroatoms. The average molecular weight is 182 g/mol. The van der Waals surface area contributed by atoms with Gasteiger partial charge in [-0.05, 0) is 18.8 Å². The Kier molecular flexibility index (Phi) is 3.48. The van der Waals surface area contributed by atoms with Crippen LogP contribution >= 0.6 is 0 Å². The molecule has 0 aromatic heterocycles. The number of carbonyl (C=O) groups excluding carboxylic acids is 1. The van der Waals surface area contributed by atoms with Crippen LogP contribution in [-0.4, -0.2) is 18.0 Å². The van der Waals surface area contributed by atoms with Gasteiger partial charge in [0, 0.05) is 6.04 Å². The van der Waals surface area contributed by atoms with Crippen LogP contribution in [0.2, 0.25) is 0 Å². The maximum absolute atomic E-state index is 11.4. The van der Waals surface area contributed by atoms with Crippen LogP contribution in [-0.2, 0) is 4.79 Å². The molecule has 1 aliphatic rings. The molecule has 0 radical (unpaired) electrons. The fourth-order valence-electron chi connectivity index (χ4n) is 1.45. The predicted octanol–water partition coefficient (Wildman–Crippen LogP) is 0.804. The second-order valence-corrected chi connectivity index (χ2v) is 3.65. The molecule has 0 aliphatic heterocycles. The number of carbonyl (C=O) groups is 1. The first kappa shape index (κ1) is 10.3. The van der Waals surface area contributed by atoms with Crippen LogP contribution in [0.1, 0.15) is 26.2 Å². The summed E-state index contributed by atoms with van der Waals surface area (Å²) in [7, 11) is 0. The summed E-state index contributed by atoms with van der Waals surface area (Å²) in [5.41, 5.74) is 5.61. The molecule has 74 valence electrons. The minimum absolute atomic E-state index is 0.0409. The minimum Gasteiger partial charge on any atom is -0.352 e. The third-order valence-corrected chi connectivity index (χ3v) is 2.53. The van der Waals surface area contributed by atoms with Gasteiger partial charge in [-0.2, -0.15) is 0 Å². The summed E-state index contributed by atoms with van der Waals surface area (Å²) in [4.78, 5) is 11.4. The third-order valence-electron chi connectivity index (χ3n) is 2.53. The van der Waals surface area contributed by atoms with Gasteiger partial charge in [0.25, 0.3) is 0 Å². The standard InChI is InChI=1S/C10H18N2O/c1-3-5-8(11)10(13)12-9-6-7(9)4-2/h3,7-9H,1,4-6,11H2,2H3,(H,12,13). The SMILES string of the molecule is C=CCC(N)C(=O)NC1CC1CC. The lowest BCUT2D eigenvalue weighted by molar-refractivity contribution is -0.122. The van der Waals surface area contributed by atoms with Crippen molar-refractivity contribution in [3.8, 4) is 0 Å². The largest absolute Gasteiger partial charge is 0.352 e. The van der Waals surface area contributed by atoms with Crippen LogP contribution < -0.4 is 11.1 Å². The molecule has 3 nitrogen and oxygen atoms in total. The van der Waals surface area contributed by atoms with Crippen molar-refractivity contribution in [3.05, 3.63) is 12.7 Å². The quantitative estimate of drug-likeness (QED) is 0.618. The van der Waals surface area contributed by atoms with Crippen molar-refractivity contribution in [2.45, 2.75) is 38.3 Å². The highest BCUT2D eigenvalue weighted by Crippen LogP contribution is 2.32. The molecule has 0 saturated heterocycles. The van der Waals surface area contributed by atoms with E-state index in [1.54, 1.807) is 6.08 Å². The molecule has 3 atom stereocenters. The summed E-state index contributed by atoms with van der Waals surface area (Å²) in [5.74, 6) is 0.640. The number of rotatable bonds is 5. The average Bonchev–Trinajstić information content (AvgIpc) is 2.83. The molecule has 0 heterocycles.